The number of hydrogen-bond donors (Lipinski definition) is 1. The minimum atomic E-state index is -0.0290. The van der Waals surface area contributed by atoms with Gasteiger partial charge in [0.05, 0.1) is 5.75 Å². The van der Waals surface area contributed by atoms with Gasteiger partial charge >= 0.3 is 0 Å². The standard InChI is InChI=1S/C22H23N5O2S/c1-3-5-20(29)24-18-8-6-16(7-9-18)19(28)15-30-22-26-25-21(27(22)14-4-2)17-10-12-23-13-11-17/h4,6-13H,2-3,5,14-15H2,1H3,(H,24,29). The van der Waals surface area contributed by atoms with Crippen LogP contribution in [0.1, 0.15) is 30.1 Å². The van der Waals surface area contributed by atoms with Crippen molar-refractivity contribution >= 4 is 29.1 Å². The van der Waals surface area contributed by atoms with Gasteiger partial charge in [0.2, 0.25) is 5.91 Å². The number of benzene rings is 1. The molecule has 3 aromatic rings. The lowest BCUT2D eigenvalue weighted by atomic mass is 10.1. The quantitative estimate of drug-likeness (QED) is 0.299. The third-order valence-electron chi connectivity index (χ3n) is 4.27. The molecule has 2 heterocycles. The van der Waals surface area contributed by atoms with Crippen molar-refractivity contribution in [3.8, 4) is 11.4 Å². The second kappa shape index (κ2) is 10.5. The van der Waals surface area contributed by atoms with E-state index in [1.165, 1.54) is 11.8 Å². The average Bonchev–Trinajstić information content (AvgIpc) is 3.16. The first-order valence-corrected chi connectivity index (χ1v) is 10.6. The number of carbonyl (C=O) groups is 2. The molecule has 0 saturated carbocycles. The highest BCUT2D eigenvalue weighted by Crippen LogP contribution is 2.24. The van der Waals surface area contributed by atoms with E-state index in [9.17, 15) is 9.59 Å². The molecule has 0 radical (unpaired) electrons. The predicted octanol–water partition coefficient (Wildman–Crippen LogP) is 4.24. The number of Topliss-reactive ketones (excluding diaryl/α,β-unsaturated/α-hetero) is 1. The molecule has 0 unspecified atom stereocenters. The molecule has 0 saturated heterocycles. The summed E-state index contributed by atoms with van der Waals surface area (Å²) in [6.45, 7) is 6.29. The number of pyridine rings is 1. The molecule has 1 aromatic carbocycles. The topological polar surface area (TPSA) is 89.8 Å². The number of hydrogen-bond acceptors (Lipinski definition) is 6. The number of allylic oxidation sites excluding steroid dienone is 1. The molecule has 8 heteroatoms. The average molecular weight is 422 g/mol. The maximum atomic E-state index is 12.6. The van der Waals surface area contributed by atoms with Crippen LogP contribution in [-0.2, 0) is 11.3 Å². The molecular weight excluding hydrogens is 398 g/mol. The van der Waals surface area contributed by atoms with E-state index in [0.717, 1.165) is 12.0 Å². The van der Waals surface area contributed by atoms with Crippen molar-refractivity contribution in [3.63, 3.8) is 0 Å². The van der Waals surface area contributed by atoms with E-state index in [-0.39, 0.29) is 17.4 Å². The summed E-state index contributed by atoms with van der Waals surface area (Å²) in [4.78, 5) is 28.3. The Morgan fingerprint density at radius 1 is 1.13 bits per heavy atom. The molecule has 1 amide bonds. The van der Waals surface area contributed by atoms with E-state index in [0.29, 0.717) is 35.2 Å². The highest BCUT2D eigenvalue weighted by Gasteiger charge is 2.15. The Morgan fingerprint density at radius 2 is 1.87 bits per heavy atom. The number of thioether (sulfide) groups is 1. The van der Waals surface area contributed by atoms with Gasteiger partial charge < -0.3 is 5.32 Å². The van der Waals surface area contributed by atoms with Crippen LogP contribution in [0.2, 0.25) is 0 Å². The van der Waals surface area contributed by atoms with Gasteiger partial charge in [-0.2, -0.15) is 0 Å². The predicted molar refractivity (Wildman–Crippen MR) is 118 cm³/mol. The van der Waals surface area contributed by atoms with Gasteiger partial charge in [-0.15, -0.1) is 16.8 Å². The van der Waals surface area contributed by atoms with Crippen molar-refractivity contribution < 1.29 is 9.59 Å². The molecule has 30 heavy (non-hydrogen) atoms. The van der Waals surface area contributed by atoms with Gasteiger partial charge in [-0.25, -0.2) is 0 Å². The Morgan fingerprint density at radius 3 is 2.53 bits per heavy atom. The molecule has 0 spiro atoms. The molecule has 3 rings (SSSR count). The lowest BCUT2D eigenvalue weighted by Crippen LogP contribution is -2.11. The van der Waals surface area contributed by atoms with Crippen LogP contribution in [0.4, 0.5) is 5.69 Å². The summed E-state index contributed by atoms with van der Waals surface area (Å²) < 4.78 is 1.92. The van der Waals surface area contributed by atoms with Gasteiger partial charge in [-0.05, 0) is 42.8 Å². The number of rotatable bonds is 10. The van der Waals surface area contributed by atoms with Gasteiger partial charge in [0, 0.05) is 42.2 Å². The Balaban J connectivity index is 1.66. The number of ketones is 1. The Hall–Kier alpha value is -3.26. The van der Waals surface area contributed by atoms with E-state index >= 15 is 0 Å². The van der Waals surface area contributed by atoms with E-state index in [4.69, 9.17) is 0 Å². The molecule has 0 bridgehead atoms. The first-order valence-electron chi connectivity index (χ1n) is 9.62. The Bertz CT molecular complexity index is 1020. The van der Waals surface area contributed by atoms with Crippen LogP contribution in [0, 0.1) is 0 Å². The first-order chi connectivity index (χ1) is 14.6. The molecule has 0 aliphatic rings. The zero-order chi connectivity index (χ0) is 21.3. The first kappa shape index (κ1) is 21.4. The van der Waals surface area contributed by atoms with Crippen LogP contribution in [0.3, 0.4) is 0 Å². The summed E-state index contributed by atoms with van der Waals surface area (Å²) >= 11 is 1.33. The number of anilines is 1. The monoisotopic (exact) mass is 421 g/mol. The molecule has 0 aliphatic heterocycles. The van der Waals surface area contributed by atoms with Crippen molar-refractivity contribution in [3.05, 3.63) is 67.0 Å². The summed E-state index contributed by atoms with van der Waals surface area (Å²) in [5.74, 6) is 0.885. The second-order valence-corrected chi connectivity index (χ2v) is 7.47. The van der Waals surface area contributed by atoms with Crippen LogP contribution >= 0.6 is 11.8 Å². The zero-order valence-corrected chi connectivity index (χ0v) is 17.6. The van der Waals surface area contributed by atoms with Gasteiger partial charge in [0.1, 0.15) is 0 Å². The van der Waals surface area contributed by atoms with E-state index in [1.54, 1.807) is 42.7 Å². The lowest BCUT2D eigenvalue weighted by molar-refractivity contribution is -0.116. The fourth-order valence-corrected chi connectivity index (χ4v) is 3.65. The van der Waals surface area contributed by atoms with Crippen LogP contribution in [0.15, 0.2) is 66.6 Å². The highest BCUT2D eigenvalue weighted by molar-refractivity contribution is 7.99. The molecule has 0 aliphatic carbocycles. The van der Waals surface area contributed by atoms with Crippen molar-refractivity contribution in [2.75, 3.05) is 11.1 Å². The van der Waals surface area contributed by atoms with Gasteiger partial charge in [-0.1, -0.05) is 24.8 Å². The van der Waals surface area contributed by atoms with Gasteiger partial charge in [-0.3, -0.25) is 19.1 Å². The molecular formula is C22H23N5O2S. The number of aromatic nitrogens is 4. The molecule has 0 atom stereocenters. The van der Waals surface area contributed by atoms with Gasteiger partial charge in [0.25, 0.3) is 0 Å². The smallest absolute Gasteiger partial charge is 0.224 e. The summed E-state index contributed by atoms with van der Waals surface area (Å²) in [6, 6.07) is 10.7. The SMILES string of the molecule is C=CCn1c(SCC(=O)c2ccc(NC(=O)CCC)cc2)nnc1-c1ccncc1. The number of nitrogens with zero attached hydrogens (tertiary/aromatic N) is 4. The largest absolute Gasteiger partial charge is 0.326 e. The highest BCUT2D eigenvalue weighted by atomic mass is 32.2. The minimum absolute atomic E-state index is 0.0231. The van der Waals surface area contributed by atoms with Crippen LogP contribution < -0.4 is 5.32 Å². The van der Waals surface area contributed by atoms with Gasteiger partial charge in [0.15, 0.2) is 16.8 Å². The van der Waals surface area contributed by atoms with Crippen molar-refractivity contribution in [1.82, 2.24) is 19.7 Å². The summed E-state index contributed by atoms with van der Waals surface area (Å²) in [5, 5.41) is 12.0. The summed E-state index contributed by atoms with van der Waals surface area (Å²) in [7, 11) is 0. The summed E-state index contributed by atoms with van der Waals surface area (Å²) in [5.41, 5.74) is 2.17. The van der Waals surface area contributed by atoms with Crippen molar-refractivity contribution in [2.24, 2.45) is 0 Å². The van der Waals surface area contributed by atoms with E-state index in [1.807, 2.05) is 23.6 Å². The molecule has 2 aromatic heterocycles. The second-order valence-electron chi connectivity index (χ2n) is 6.53. The number of amides is 1. The minimum Gasteiger partial charge on any atom is -0.326 e. The maximum absolute atomic E-state index is 12.6. The Kier molecular flexibility index (Phi) is 7.51. The van der Waals surface area contributed by atoms with Crippen LogP contribution in [0.5, 0.6) is 0 Å². The van der Waals surface area contributed by atoms with Crippen LogP contribution in [0.25, 0.3) is 11.4 Å². The van der Waals surface area contributed by atoms with Crippen molar-refractivity contribution in [2.45, 2.75) is 31.5 Å². The Labute approximate surface area is 179 Å². The fourth-order valence-electron chi connectivity index (χ4n) is 2.81. The van der Waals surface area contributed by atoms with E-state index in [2.05, 4.69) is 27.1 Å². The zero-order valence-electron chi connectivity index (χ0n) is 16.7. The molecule has 154 valence electrons. The number of nitrogens with one attached hydrogen (secondary N) is 1. The third kappa shape index (κ3) is 5.42. The lowest BCUT2D eigenvalue weighted by Gasteiger charge is -2.08. The van der Waals surface area contributed by atoms with Crippen LogP contribution in [-0.4, -0.2) is 37.2 Å². The van der Waals surface area contributed by atoms with Crippen molar-refractivity contribution in [1.29, 1.82) is 0 Å². The normalized spacial score (nSPS) is 10.6. The maximum Gasteiger partial charge on any atom is 0.224 e. The molecule has 7 nitrogen and oxygen atoms in total. The fraction of sp³-hybridized carbons (Fsp3) is 0.227. The molecule has 1 N–H and O–H groups in total. The summed E-state index contributed by atoms with van der Waals surface area (Å²) in [6.07, 6.45) is 6.44. The number of carbonyl (C=O) groups excluding carboxylic acids is 2. The third-order valence-corrected chi connectivity index (χ3v) is 5.23. The molecule has 0 fully saturated rings. The van der Waals surface area contributed by atoms with E-state index < -0.39 is 0 Å².